The van der Waals surface area contributed by atoms with Crippen molar-refractivity contribution in [3.05, 3.63) is 0 Å². The van der Waals surface area contributed by atoms with E-state index in [4.69, 9.17) is 10.8 Å². The summed E-state index contributed by atoms with van der Waals surface area (Å²) in [5.74, 6) is 0. The number of urea groups is 1. The van der Waals surface area contributed by atoms with E-state index in [2.05, 4.69) is 5.32 Å². The van der Waals surface area contributed by atoms with Crippen LogP contribution in [0.5, 0.6) is 0 Å². The SMILES string of the molecule is NCCCCNC(=O)N1CCC[C@H]1CO. The quantitative estimate of drug-likeness (QED) is 0.560. The van der Waals surface area contributed by atoms with E-state index in [-0.39, 0.29) is 18.7 Å². The van der Waals surface area contributed by atoms with Crippen molar-refractivity contribution in [1.29, 1.82) is 0 Å². The van der Waals surface area contributed by atoms with Crippen molar-refractivity contribution < 1.29 is 9.90 Å². The van der Waals surface area contributed by atoms with Crippen LogP contribution < -0.4 is 11.1 Å². The third-order valence-corrected chi connectivity index (χ3v) is 2.76. The fraction of sp³-hybridized carbons (Fsp3) is 0.900. The van der Waals surface area contributed by atoms with Crippen LogP contribution in [0.2, 0.25) is 0 Å². The zero-order valence-corrected chi connectivity index (χ0v) is 9.11. The van der Waals surface area contributed by atoms with Gasteiger partial charge in [-0.15, -0.1) is 0 Å². The van der Waals surface area contributed by atoms with Crippen LogP contribution in [0.4, 0.5) is 4.79 Å². The van der Waals surface area contributed by atoms with Crippen molar-refractivity contribution in [2.75, 3.05) is 26.2 Å². The highest BCUT2D eigenvalue weighted by atomic mass is 16.3. The highest BCUT2D eigenvalue weighted by Crippen LogP contribution is 2.16. The first-order valence-corrected chi connectivity index (χ1v) is 5.65. The normalized spacial score (nSPS) is 20.7. The molecule has 15 heavy (non-hydrogen) atoms. The molecule has 1 saturated heterocycles. The molecule has 1 atom stereocenters. The van der Waals surface area contributed by atoms with Crippen LogP contribution in [-0.2, 0) is 0 Å². The third-order valence-electron chi connectivity index (χ3n) is 2.76. The summed E-state index contributed by atoms with van der Waals surface area (Å²) in [6.07, 6.45) is 3.75. The van der Waals surface area contributed by atoms with Gasteiger partial charge in [0.1, 0.15) is 0 Å². The van der Waals surface area contributed by atoms with Gasteiger partial charge in [0, 0.05) is 13.1 Å². The molecule has 1 fully saturated rings. The smallest absolute Gasteiger partial charge is 0.317 e. The number of nitrogens with zero attached hydrogens (tertiary/aromatic N) is 1. The first-order valence-electron chi connectivity index (χ1n) is 5.65. The Morgan fingerprint density at radius 1 is 1.53 bits per heavy atom. The molecule has 1 rings (SSSR count). The minimum Gasteiger partial charge on any atom is -0.394 e. The number of hydrogen-bond donors (Lipinski definition) is 3. The fourth-order valence-corrected chi connectivity index (χ4v) is 1.86. The highest BCUT2D eigenvalue weighted by molar-refractivity contribution is 5.74. The maximum atomic E-state index is 11.7. The van der Waals surface area contributed by atoms with Gasteiger partial charge in [-0.25, -0.2) is 4.79 Å². The van der Waals surface area contributed by atoms with Crippen LogP contribution in [0, 0.1) is 0 Å². The second kappa shape index (κ2) is 6.63. The van der Waals surface area contributed by atoms with Gasteiger partial charge in [-0.2, -0.15) is 0 Å². The van der Waals surface area contributed by atoms with Gasteiger partial charge >= 0.3 is 6.03 Å². The van der Waals surface area contributed by atoms with Crippen molar-refractivity contribution >= 4 is 6.03 Å². The molecule has 0 saturated carbocycles. The Balaban J connectivity index is 2.21. The highest BCUT2D eigenvalue weighted by Gasteiger charge is 2.27. The van der Waals surface area contributed by atoms with Crippen LogP contribution in [-0.4, -0.2) is 48.3 Å². The van der Waals surface area contributed by atoms with Gasteiger partial charge in [0.15, 0.2) is 0 Å². The first kappa shape index (κ1) is 12.3. The number of rotatable bonds is 5. The van der Waals surface area contributed by atoms with Crippen molar-refractivity contribution in [3.8, 4) is 0 Å². The molecule has 1 aliphatic heterocycles. The number of amides is 2. The lowest BCUT2D eigenvalue weighted by molar-refractivity contribution is 0.157. The van der Waals surface area contributed by atoms with Crippen molar-refractivity contribution in [1.82, 2.24) is 10.2 Å². The Bertz CT molecular complexity index is 199. The van der Waals surface area contributed by atoms with E-state index in [1.54, 1.807) is 4.90 Å². The molecule has 1 heterocycles. The van der Waals surface area contributed by atoms with Crippen LogP contribution in [0.3, 0.4) is 0 Å². The maximum absolute atomic E-state index is 11.7. The summed E-state index contributed by atoms with van der Waals surface area (Å²) < 4.78 is 0. The number of aliphatic hydroxyl groups excluding tert-OH is 1. The molecule has 0 aliphatic carbocycles. The van der Waals surface area contributed by atoms with E-state index in [1.807, 2.05) is 0 Å². The van der Waals surface area contributed by atoms with Crippen molar-refractivity contribution in [2.24, 2.45) is 5.73 Å². The molecule has 0 bridgehead atoms. The van der Waals surface area contributed by atoms with Crippen molar-refractivity contribution in [3.63, 3.8) is 0 Å². The summed E-state index contributed by atoms with van der Waals surface area (Å²) >= 11 is 0. The molecule has 2 amide bonds. The second-order valence-corrected chi connectivity index (χ2v) is 3.90. The van der Waals surface area contributed by atoms with Crippen molar-refractivity contribution in [2.45, 2.75) is 31.7 Å². The maximum Gasteiger partial charge on any atom is 0.317 e. The number of aliphatic hydroxyl groups is 1. The Kier molecular flexibility index (Phi) is 5.42. The Morgan fingerprint density at radius 3 is 3.00 bits per heavy atom. The molecule has 0 unspecified atom stereocenters. The van der Waals surface area contributed by atoms with E-state index in [1.165, 1.54) is 0 Å². The van der Waals surface area contributed by atoms with Crippen LogP contribution >= 0.6 is 0 Å². The number of likely N-dealkylation sites (tertiary alicyclic amines) is 1. The molecule has 88 valence electrons. The summed E-state index contributed by atoms with van der Waals surface area (Å²) in [6, 6.07) is -0.0388. The van der Waals surface area contributed by atoms with Gasteiger partial charge in [0.25, 0.3) is 0 Å². The minimum atomic E-state index is -0.0522. The first-order chi connectivity index (χ1) is 7.29. The average Bonchev–Trinajstić information content (AvgIpc) is 2.72. The lowest BCUT2D eigenvalue weighted by Crippen LogP contribution is -2.44. The Hall–Kier alpha value is -0.810. The predicted octanol–water partition coefficient (Wildman–Crippen LogP) is -0.108. The van der Waals surface area contributed by atoms with Gasteiger partial charge in [-0.1, -0.05) is 0 Å². The van der Waals surface area contributed by atoms with Gasteiger partial charge in [0.2, 0.25) is 0 Å². The van der Waals surface area contributed by atoms with E-state index in [0.717, 1.165) is 32.2 Å². The fourth-order valence-electron chi connectivity index (χ4n) is 1.86. The predicted molar refractivity (Wildman–Crippen MR) is 58.5 cm³/mol. The number of carbonyl (C=O) groups excluding carboxylic acids is 1. The van der Waals surface area contributed by atoms with Crippen LogP contribution in [0.25, 0.3) is 0 Å². The van der Waals surface area contributed by atoms with E-state index in [0.29, 0.717) is 13.1 Å². The molecule has 4 N–H and O–H groups in total. The van der Waals surface area contributed by atoms with Crippen LogP contribution in [0.15, 0.2) is 0 Å². The minimum absolute atomic E-state index is 0.0134. The monoisotopic (exact) mass is 215 g/mol. The van der Waals surface area contributed by atoms with Gasteiger partial charge in [-0.3, -0.25) is 0 Å². The lowest BCUT2D eigenvalue weighted by Gasteiger charge is -2.23. The summed E-state index contributed by atoms with van der Waals surface area (Å²) in [6.45, 7) is 2.16. The molecule has 0 spiro atoms. The third kappa shape index (κ3) is 3.68. The lowest BCUT2D eigenvalue weighted by atomic mass is 10.2. The Labute approximate surface area is 90.6 Å². The standard InChI is InChI=1S/C10H21N3O2/c11-5-1-2-6-12-10(15)13-7-3-4-9(13)8-14/h9,14H,1-8,11H2,(H,12,15)/t9-/m0/s1. The average molecular weight is 215 g/mol. The second-order valence-electron chi connectivity index (χ2n) is 3.90. The molecule has 0 aromatic rings. The summed E-state index contributed by atoms with van der Waals surface area (Å²) in [4.78, 5) is 13.4. The zero-order valence-electron chi connectivity index (χ0n) is 9.11. The summed E-state index contributed by atoms with van der Waals surface area (Å²) in [7, 11) is 0. The summed E-state index contributed by atoms with van der Waals surface area (Å²) in [5, 5.41) is 11.9. The van der Waals surface area contributed by atoms with Crippen LogP contribution in [0.1, 0.15) is 25.7 Å². The Morgan fingerprint density at radius 2 is 2.33 bits per heavy atom. The molecule has 0 aromatic heterocycles. The number of nitrogens with one attached hydrogen (secondary N) is 1. The number of carbonyl (C=O) groups is 1. The molecule has 5 nitrogen and oxygen atoms in total. The molecule has 0 aromatic carbocycles. The molecule has 0 radical (unpaired) electrons. The summed E-state index contributed by atoms with van der Waals surface area (Å²) in [5.41, 5.74) is 5.35. The van der Waals surface area contributed by atoms with E-state index >= 15 is 0 Å². The van der Waals surface area contributed by atoms with Gasteiger partial charge < -0.3 is 21.1 Å². The molecule has 5 heteroatoms. The largest absolute Gasteiger partial charge is 0.394 e. The van der Waals surface area contributed by atoms with E-state index < -0.39 is 0 Å². The van der Waals surface area contributed by atoms with Gasteiger partial charge in [-0.05, 0) is 32.2 Å². The number of hydrogen-bond acceptors (Lipinski definition) is 3. The topological polar surface area (TPSA) is 78.6 Å². The van der Waals surface area contributed by atoms with E-state index in [9.17, 15) is 4.79 Å². The molecular formula is C10H21N3O2. The zero-order chi connectivity index (χ0) is 11.1. The number of nitrogens with two attached hydrogens (primary N) is 1. The molecule has 1 aliphatic rings. The molecular weight excluding hydrogens is 194 g/mol. The number of unbranched alkanes of at least 4 members (excludes halogenated alkanes) is 1. The van der Waals surface area contributed by atoms with Gasteiger partial charge in [0.05, 0.1) is 12.6 Å².